The summed E-state index contributed by atoms with van der Waals surface area (Å²) in [5.74, 6) is 1.36. The van der Waals surface area contributed by atoms with E-state index in [2.05, 4.69) is 20.2 Å². The quantitative estimate of drug-likeness (QED) is 0.438. The van der Waals surface area contributed by atoms with Crippen molar-refractivity contribution < 1.29 is 22.7 Å². The van der Waals surface area contributed by atoms with E-state index in [1.54, 1.807) is 11.0 Å². The molecule has 39 heavy (non-hydrogen) atoms. The topological polar surface area (TPSA) is 127 Å². The Bertz CT molecular complexity index is 1480. The van der Waals surface area contributed by atoms with E-state index in [4.69, 9.17) is 9.47 Å². The second-order valence-electron chi connectivity index (χ2n) is 11.2. The Morgan fingerprint density at radius 3 is 2.44 bits per heavy atom. The predicted molar refractivity (Wildman–Crippen MR) is 150 cm³/mol. The van der Waals surface area contributed by atoms with Crippen LogP contribution in [0.15, 0.2) is 30.5 Å². The van der Waals surface area contributed by atoms with Gasteiger partial charge in [0.2, 0.25) is 10.0 Å². The van der Waals surface area contributed by atoms with Crippen molar-refractivity contribution in [1.29, 1.82) is 0 Å². The van der Waals surface area contributed by atoms with E-state index in [0.717, 1.165) is 22.6 Å². The Labute approximate surface area is 228 Å². The maximum atomic E-state index is 12.7. The number of amides is 1. The summed E-state index contributed by atoms with van der Waals surface area (Å²) in [6.45, 7) is 8.51. The normalized spacial score (nSPS) is 16.8. The first-order valence-electron chi connectivity index (χ1n) is 13.3. The van der Waals surface area contributed by atoms with E-state index in [1.165, 1.54) is 0 Å². The number of aromatic nitrogens is 3. The number of nitrogens with zero attached hydrogens (tertiary/aromatic N) is 4. The smallest absolute Gasteiger partial charge is 0.410 e. The Balaban J connectivity index is 1.43. The number of fused-ring (bicyclic) bond motifs is 1. The van der Waals surface area contributed by atoms with Crippen molar-refractivity contribution in [1.82, 2.24) is 19.5 Å². The molecule has 1 amide bonds. The van der Waals surface area contributed by atoms with E-state index in [0.29, 0.717) is 55.9 Å². The Hall–Kier alpha value is -3.54. The molecule has 0 radical (unpaired) electrons. The van der Waals surface area contributed by atoms with Gasteiger partial charge in [-0.25, -0.2) is 13.2 Å². The highest BCUT2D eigenvalue weighted by Crippen LogP contribution is 2.38. The Morgan fingerprint density at radius 1 is 1.08 bits per heavy atom. The van der Waals surface area contributed by atoms with Crippen LogP contribution in [0.2, 0.25) is 0 Å². The molecule has 2 aliphatic rings. The van der Waals surface area contributed by atoms with E-state index >= 15 is 0 Å². The summed E-state index contributed by atoms with van der Waals surface area (Å²) in [7, 11) is -1.61. The van der Waals surface area contributed by atoms with Gasteiger partial charge in [0.05, 0.1) is 10.9 Å². The molecular weight excluding hydrogens is 520 g/mol. The molecule has 1 aliphatic carbocycles. The van der Waals surface area contributed by atoms with Crippen LogP contribution >= 0.6 is 0 Å². The van der Waals surface area contributed by atoms with Crippen LogP contribution in [-0.4, -0.2) is 71.1 Å². The van der Waals surface area contributed by atoms with Crippen molar-refractivity contribution in [2.24, 2.45) is 0 Å². The maximum Gasteiger partial charge on any atom is 0.410 e. The van der Waals surface area contributed by atoms with Gasteiger partial charge in [-0.15, -0.1) is 10.2 Å². The number of hydrogen-bond acceptors (Lipinski definition) is 8. The van der Waals surface area contributed by atoms with Crippen molar-refractivity contribution >= 4 is 33.1 Å². The van der Waals surface area contributed by atoms with Gasteiger partial charge in [-0.05, 0) is 64.8 Å². The third-order valence-corrected chi connectivity index (χ3v) is 8.72. The Morgan fingerprint density at radius 2 is 1.79 bits per heavy atom. The first-order chi connectivity index (χ1) is 18.4. The number of piperidine rings is 1. The molecule has 11 nitrogen and oxygen atoms in total. The van der Waals surface area contributed by atoms with Crippen LogP contribution in [0.3, 0.4) is 0 Å². The summed E-state index contributed by atoms with van der Waals surface area (Å²) in [5, 5.41) is 11.3. The zero-order chi connectivity index (χ0) is 27.9. The monoisotopic (exact) mass is 556 g/mol. The summed E-state index contributed by atoms with van der Waals surface area (Å²) in [5.41, 5.74) is 2.99. The maximum absolute atomic E-state index is 12.7. The molecule has 12 heteroatoms. The van der Waals surface area contributed by atoms with Gasteiger partial charge < -0.3 is 19.7 Å². The molecule has 1 aromatic carbocycles. The lowest BCUT2D eigenvalue weighted by Crippen LogP contribution is -2.44. The number of anilines is 2. The lowest BCUT2D eigenvalue weighted by atomic mass is 10.0. The molecule has 0 unspecified atom stereocenters. The molecular formula is C27H36N6O5S. The van der Waals surface area contributed by atoms with Crippen molar-refractivity contribution in [3.8, 4) is 16.9 Å². The summed E-state index contributed by atoms with van der Waals surface area (Å²) in [4.78, 5) is 14.2. The van der Waals surface area contributed by atoms with Crippen LogP contribution in [0.1, 0.15) is 52.3 Å². The number of pyridine rings is 1. The number of benzene rings is 1. The van der Waals surface area contributed by atoms with Crippen LogP contribution in [0.4, 0.5) is 16.2 Å². The van der Waals surface area contributed by atoms with Gasteiger partial charge in [0, 0.05) is 56.0 Å². The second kappa shape index (κ2) is 10.2. The van der Waals surface area contributed by atoms with E-state index in [-0.39, 0.29) is 17.4 Å². The van der Waals surface area contributed by atoms with E-state index in [9.17, 15) is 13.2 Å². The number of nitrogens with one attached hydrogen (secondary N) is 2. The lowest BCUT2D eigenvalue weighted by molar-refractivity contribution is 0.0127. The molecule has 3 aromatic rings. The summed E-state index contributed by atoms with van der Waals surface area (Å²) in [6, 6.07) is 7.31. The highest BCUT2D eigenvalue weighted by Gasteiger charge is 2.36. The average molecular weight is 557 g/mol. The fraction of sp³-hybridized carbons (Fsp3) is 0.519. The predicted octanol–water partition coefficient (Wildman–Crippen LogP) is 4.43. The van der Waals surface area contributed by atoms with Gasteiger partial charge in [-0.3, -0.25) is 9.12 Å². The molecule has 2 fully saturated rings. The largest absolute Gasteiger partial charge is 0.490 e. The van der Waals surface area contributed by atoms with Crippen LogP contribution in [0.25, 0.3) is 16.8 Å². The second-order valence-corrected chi connectivity index (χ2v) is 13.1. The van der Waals surface area contributed by atoms with E-state index < -0.39 is 15.6 Å². The molecule has 0 atom stereocenters. The van der Waals surface area contributed by atoms with Gasteiger partial charge in [-0.2, -0.15) is 0 Å². The molecule has 3 heterocycles. The molecule has 0 bridgehead atoms. The molecule has 5 rings (SSSR count). The lowest BCUT2D eigenvalue weighted by Gasteiger charge is -2.33. The highest BCUT2D eigenvalue weighted by atomic mass is 32.2. The highest BCUT2D eigenvalue weighted by molar-refractivity contribution is 7.93. The number of sulfonamides is 1. The number of ether oxygens (including phenoxy) is 2. The average Bonchev–Trinajstić information content (AvgIpc) is 3.68. The molecule has 2 N–H and O–H groups in total. The van der Waals surface area contributed by atoms with Crippen LogP contribution in [-0.2, 0) is 14.8 Å². The SMILES string of the molecule is CNc1cc(-c2cc(NS(=O)(=O)C3CC3)ccc2OC2CCN(C(=O)OC(C)(C)C)CC2)cn2c(C)nnc12. The number of rotatable bonds is 7. The molecule has 210 valence electrons. The van der Waals surface area contributed by atoms with Crippen molar-refractivity contribution in [3.05, 3.63) is 36.3 Å². The van der Waals surface area contributed by atoms with Gasteiger partial charge in [-0.1, -0.05) is 0 Å². The molecule has 2 aromatic heterocycles. The standard InChI is InChI=1S/C27H36N6O5S/c1-17-29-30-25-23(28-5)14-18(16-33(17)25)22-15-19(31-39(35,36)21-7-8-21)6-9-24(22)37-20-10-12-32(13-11-20)26(34)38-27(2,3)4/h6,9,14-16,20-21,28,31H,7-8,10-13H2,1-5H3. The number of hydrogen-bond donors (Lipinski definition) is 2. The van der Waals surface area contributed by atoms with Crippen LogP contribution in [0.5, 0.6) is 5.75 Å². The third kappa shape index (κ3) is 6.05. The molecule has 1 aliphatic heterocycles. The summed E-state index contributed by atoms with van der Waals surface area (Å²) in [6.07, 6.45) is 4.17. The van der Waals surface area contributed by atoms with Gasteiger partial charge in [0.25, 0.3) is 0 Å². The third-order valence-electron chi connectivity index (χ3n) is 6.85. The first-order valence-corrected chi connectivity index (χ1v) is 14.8. The number of carbonyl (C=O) groups is 1. The molecule has 0 spiro atoms. The van der Waals surface area contributed by atoms with Gasteiger partial charge in [0.1, 0.15) is 23.3 Å². The van der Waals surface area contributed by atoms with Gasteiger partial charge in [0.15, 0.2) is 5.65 Å². The first kappa shape index (κ1) is 27.0. The fourth-order valence-electron chi connectivity index (χ4n) is 4.65. The summed E-state index contributed by atoms with van der Waals surface area (Å²) >= 11 is 0. The van der Waals surface area contributed by atoms with Crippen LogP contribution in [0, 0.1) is 6.92 Å². The van der Waals surface area contributed by atoms with Crippen LogP contribution < -0.4 is 14.8 Å². The minimum absolute atomic E-state index is 0.111. The number of likely N-dealkylation sites (tertiary alicyclic amines) is 1. The summed E-state index contributed by atoms with van der Waals surface area (Å²) < 4.78 is 42.0. The van der Waals surface area contributed by atoms with Crippen molar-refractivity contribution in [2.75, 3.05) is 30.2 Å². The minimum atomic E-state index is -3.43. The van der Waals surface area contributed by atoms with Crippen molar-refractivity contribution in [3.63, 3.8) is 0 Å². The zero-order valence-electron chi connectivity index (χ0n) is 23.0. The molecule has 1 saturated carbocycles. The fourth-order valence-corrected chi connectivity index (χ4v) is 6.02. The molecule has 1 saturated heterocycles. The minimum Gasteiger partial charge on any atom is -0.490 e. The number of aryl methyl sites for hydroxylation is 1. The zero-order valence-corrected chi connectivity index (χ0v) is 23.8. The van der Waals surface area contributed by atoms with Crippen molar-refractivity contribution in [2.45, 2.75) is 70.3 Å². The van der Waals surface area contributed by atoms with Gasteiger partial charge >= 0.3 is 6.09 Å². The Kier molecular flexibility index (Phi) is 7.08. The van der Waals surface area contributed by atoms with E-state index in [1.807, 2.05) is 63.5 Å². The number of carbonyl (C=O) groups excluding carboxylic acids is 1.